The second-order valence-corrected chi connectivity index (χ2v) is 21.5. The van der Waals surface area contributed by atoms with Gasteiger partial charge in [0.25, 0.3) is 0 Å². The van der Waals surface area contributed by atoms with Crippen molar-refractivity contribution in [2.45, 2.75) is 71.9 Å². The molecular weight excluding hydrogens is 603 g/mol. The fourth-order valence-electron chi connectivity index (χ4n) is 2.04. The Labute approximate surface area is 230 Å². The molecule has 0 aliphatic carbocycles. The van der Waals surface area contributed by atoms with Gasteiger partial charge in [0.1, 0.15) is 24.2 Å². The van der Waals surface area contributed by atoms with Crippen LogP contribution in [0.5, 0.6) is 0 Å². The Hall–Kier alpha value is -0.866. The number of hydrogen-bond donors (Lipinski definition) is 1. The lowest BCUT2D eigenvalue weighted by Gasteiger charge is -2.15. The molecule has 2 heterocycles. The number of aromatic amines is 1. The highest BCUT2D eigenvalue weighted by Crippen LogP contribution is 2.08. The smallest absolute Gasteiger partial charge is 0.179 e. The van der Waals surface area contributed by atoms with E-state index in [9.17, 15) is 9.59 Å². The first-order valence-corrected chi connectivity index (χ1v) is 18.9. The second-order valence-electron chi connectivity index (χ2n) is 10.0. The molecule has 2 aromatic heterocycles. The standard InChI is InChI=1S/C11H20N2O2Si.C6H15ClOSi.C5H6N2O.HI.H2/c1-10(14)11-7-13(8-12-11)9-15-5-6-16(2,3)4;1-9(2,3)5-4-8-6-7;1-4(8)5-2-6-3-7-5;;/h7-8H,5-6,9H2,1-4H3;4-6H2,1-3H3;2-3H,1H3,(H,6,7);2*1H. The topological polar surface area (TPSA) is 99.1 Å². The van der Waals surface area contributed by atoms with Crippen LogP contribution in [0.15, 0.2) is 25.0 Å². The Morgan fingerprint density at radius 2 is 1.59 bits per heavy atom. The van der Waals surface area contributed by atoms with Gasteiger partial charge in [0.2, 0.25) is 0 Å². The fraction of sp³-hybridized carbons (Fsp3) is 0.636. The highest BCUT2D eigenvalue weighted by molar-refractivity contribution is 14.0. The van der Waals surface area contributed by atoms with E-state index in [2.05, 4.69) is 54.2 Å². The van der Waals surface area contributed by atoms with Gasteiger partial charge in [-0.2, -0.15) is 0 Å². The molecule has 0 fully saturated rings. The van der Waals surface area contributed by atoms with E-state index in [1.54, 1.807) is 17.1 Å². The molecular formula is C22H44ClIN4O4Si2. The van der Waals surface area contributed by atoms with Gasteiger partial charge < -0.3 is 19.0 Å². The number of rotatable bonds is 11. The van der Waals surface area contributed by atoms with Crippen LogP contribution in [-0.4, -0.2) is 66.5 Å². The zero-order chi connectivity index (χ0) is 25.5. The van der Waals surface area contributed by atoms with E-state index in [1.165, 1.54) is 32.4 Å². The molecule has 34 heavy (non-hydrogen) atoms. The number of nitrogens with zero attached hydrogens (tertiary/aromatic N) is 3. The number of ether oxygens (including phenoxy) is 2. The van der Waals surface area contributed by atoms with E-state index in [4.69, 9.17) is 21.1 Å². The highest BCUT2D eigenvalue weighted by Gasteiger charge is 2.12. The van der Waals surface area contributed by atoms with Gasteiger partial charge in [-0.15, -0.1) is 24.0 Å². The Balaban J connectivity index is -0.000000463. The number of halogens is 2. The number of H-pyrrole nitrogens is 1. The molecule has 0 aliphatic rings. The van der Waals surface area contributed by atoms with Crippen LogP contribution in [0.4, 0.5) is 0 Å². The number of carbonyl (C=O) groups excluding carboxylic acids is 2. The van der Waals surface area contributed by atoms with Crippen LogP contribution in [-0.2, 0) is 16.2 Å². The van der Waals surface area contributed by atoms with Crippen LogP contribution >= 0.6 is 35.6 Å². The van der Waals surface area contributed by atoms with Crippen molar-refractivity contribution in [1.82, 2.24) is 19.5 Å². The summed E-state index contributed by atoms with van der Waals surface area (Å²) >= 11 is 5.32. The number of nitrogens with one attached hydrogen (secondary N) is 1. The Kier molecular flexibility index (Phi) is 19.1. The third-order valence-electron chi connectivity index (χ3n) is 4.18. The van der Waals surface area contributed by atoms with Crippen LogP contribution in [0.25, 0.3) is 0 Å². The Morgan fingerprint density at radius 1 is 1.03 bits per heavy atom. The minimum Gasteiger partial charge on any atom is -0.366 e. The molecule has 0 radical (unpaired) electrons. The van der Waals surface area contributed by atoms with E-state index < -0.39 is 16.1 Å². The second kappa shape index (κ2) is 18.4. The van der Waals surface area contributed by atoms with Crippen LogP contribution in [0.2, 0.25) is 51.4 Å². The first kappa shape index (κ1) is 35.3. The fourth-order valence-corrected chi connectivity index (χ4v) is 3.66. The zero-order valence-corrected chi connectivity index (χ0v) is 26.9. The van der Waals surface area contributed by atoms with Gasteiger partial charge in [0, 0.05) is 50.8 Å². The van der Waals surface area contributed by atoms with Crippen molar-refractivity contribution in [2.75, 3.05) is 19.3 Å². The molecule has 0 saturated carbocycles. The van der Waals surface area contributed by atoms with Crippen molar-refractivity contribution in [2.24, 2.45) is 0 Å². The zero-order valence-electron chi connectivity index (χ0n) is 21.8. The van der Waals surface area contributed by atoms with Crippen LogP contribution < -0.4 is 0 Å². The average molecular weight is 647 g/mol. The summed E-state index contributed by atoms with van der Waals surface area (Å²) in [6.45, 7) is 19.0. The summed E-state index contributed by atoms with van der Waals surface area (Å²) in [5.41, 5.74) is 1.05. The summed E-state index contributed by atoms with van der Waals surface area (Å²) in [6, 6.07) is 2.70. The lowest BCUT2D eigenvalue weighted by atomic mass is 10.3. The largest absolute Gasteiger partial charge is 0.366 e. The first-order valence-electron chi connectivity index (χ1n) is 11.0. The van der Waals surface area contributed by atoms with Gasteiger partial charge in [0.15, 0.2) is 11.6 Å². The summed E-state index contributed by atoms with van der Waals surface area (Å²) < 4.78 is 12.3. The minimum atomic E-state index is -1.01. The summed E-state index contributed by atoms with van der Waals surface area (Å²) in [5, 5.41) is 0. The minimum absolute atomic E-state index is 0. The van der Waals surface area contributed by atoms with Gasteiger partial charge in [-0.25, -0.2) is 9.97 Å². The van der Waals surface area contributed by atoms with Crippen molar-refractivity contribution in [3.8, 4) is 0 Å². The summed E-state index contributed by atoms with van der Waals surface area (Å²) in [5.74, 6) is 0.00310. The van der Waals surface area contributed by atoms with E-state index in [-0.39, 0.29) is 37.0 Å². The summed E-state index contributed by atoms with van der Waals surface area (Å²) in [6.07, 6.45) is 6.33. The molecule has 2 rings (SSSR count). The molecule has 1 N–H and O–H groups in total. The highest BCUT2D eigenvalue weighted by atomic mass is 127. The Morgan fingerprint density at radius 3 is 1.94 bits per heavy atom. The third-order valence-corrected chi connectivity index (χ3v) is 7.74. The van der Waals surface area contributed by atoms with Crippen LogP contribution in [0.3, 0.4) is 0 Å². The number of ketones is 2. The molecule has 0 saturated heterocycles. The van der Waals surface area contributed by atoms with Crippen LogP contribution in [0, 0.1) is 0 Å². The lowest BCUT2D eigenvalue weighted by Crippen LogP contribution is -2.21. The normalized spacial score (nSPS) is 10.9. The number of imidazole rings is 2. The maximum atomic E-state index is 11.0. The predicted octanol–water partition coefficient (Wildman–Crippen LogP) is 6.41. The summed E-state index contributed by atoms with van der Waals surface area (Å²) in [7, 11) is -1.89. The van der Waals surface area contributed by atoms with Crippen LogP contribution in [0.1, 0.15) is 36.3 Å². The molecule has 0 unspecified atom stereocenters. The molecule has 0 amide bonds. The van der Waals surface area contributed by atoms with Crippen molar-refractivity contribution in [3.63, 3.8) is 0 Å². The van der Waals surface area contributed by atoms with Crippen molar-refractivity contribution >= 4 is 63.3 Å². The molecule has 198 valence electrons. The van der Waals surface area contributed by atoms with E-state index in [1.807, 2.05) is 0 Å². The lowest BCUT2D eigenvalue weighted by molar-refractivity contribution is 0.0870. The van der Waals surface area contributed by atoms with Gasteiger partial charge in [-0.3, -0.25) is 9.59 Å². The SMILES string of the molecule is CC(=O)c1cn(COCC[Si](C)(C)C)cn1.CC(=O)c1cnc[nH]1.C[Si](C)(C)CCOCCl.I.[HH]. The molecule has 0 aromatic carbocycles. The number of hydrogen-bond acceptors (Lipinski definition) is 6. The predicted molar refractivity (Wildman–Crippen MR) is 157 cm³/mol. The number of carbonyl (C=O) groups is 2. The monoisotopic (exact) mass is 646 g/mol. The number of alkyl halides is 1. The molecule has 0 atom stereocenters. The van der Waals surface area contributed by atoms with E-state index in [0.29, 0.717) is 24.2 Å². The van der Waals surface area contributed by atoms with E-state index >= 15 is 0 Å². The molecule has 12 heteroatoms. The number of Topliss-reactive ketones (excluding diaryl/α,β-unsaturated/α-hetero) is 2. The molecule has 8 nitrogen and oxygen atoms in total. The first-order chi connectivity index (χ1) is 15.2. The number of aromatic nitrogens is 4. The van der Waals surface area contributed by atoms with Crippen molar-refractivity contribution in [3.05, 3.63) is 36.4 Å². The molecule has 2 aromatic rings. The Bertz CT molecular complexity index is 813. The van der Waals surface area contributed by atoms with Gasteiger partial charge in [0.05, 0.1) is 18.9 Å². The molecule has 0 bridgehead atoms. The molecule has 0 spiro atoms. The maximum absolute atomic E-state index is 11.0. The average Bonchev–Trinajstić information content (AvgIpc) is 3.37. The van der Waals surface area contributed by atoms with Gasteiger partial charge >= 0.3 is 0 Å². The van der Waals surface area contributed by atoms with Gasteiger partial charge in [-0.05, 0) is 12.1 Å². The quantitative estimate of drug-likeness (QED) is 0.0996. The van der Waals surface area contributed by atoms with Crippen molar-refractivity contribution < 1.29 is 20.5 Å². The van der Waals surface area contributed by atoms with Gasteiger partial charge in [-0.1, -0.05) is 50.9 Å². The maximum Gasteiger partial charge on any atom is 0.179 e. The van der Waals surface area contributed by atoms with Crippen molar-refractivity contribution in [1.29, 1.82) is 0 Å². The third kappa shape index (κ3) is 20.5. The van der Waals surface area contributed by atoms with E-state index in [0.717, 1.165) is 19.3 Å². The molecule has 0 aliphatic heterocycles. The summed E-state index contributed by atoms with van der Waals surface area (Å²) in [4.78, 5) is 31.8.